The van der Waals surface area contributed by atoms with Crippen LogP contribution in [-0.2, 0) is 21.7 Å². The molecule has 4 atom stereocenters. The number of carbonyl (C=O) groups excluding carboxylic acids is 2. The van der Waals surface area contributed by atoms with Crippen LogP contribution in [0.3, 0.4) is 0 Å². The van der Waals surface area contributed by atoms with Crippen molar-refractivity contribution in [2.45, 2.75) is 75.3 Å². The van der Waals surface area contributed by atoms with Crippen LogP contribution in [0, 0.1) is 28.9 Å². The number of hydrogen-bond donors (Lipinski definition) is 4. The SMILES string of the molecule is CC(C)(C)[S+]([O-])NC(CCC1CC1)(c1cccc(C#N)c1)c1ccc(F)c(NC(=O)[C@H]2C[C@@H](O)CN2C(=O)Nc2ccc(F)cc2)c1. The Kier molecular flexibility index (Phi) is 10.2. The van der Waals surface area contributed by atoms with Gasteiger partial charge in [0.05, 0.1) is 23.4 Å². The van der Waals surface area contributed by atoms with E-state index in [4.69, 9.17) is 0 Å². The van der Waals surface area contributed by atoms with Crippen molar-refractivity contribution in [1.82, 2.24) is 9.62 Å². The van der Waals surface area contributed by atoms with E-state index in [1.54, 1.807) is 24.3 Å². The summed E-state index contributed by atoms with van der Waals surface area (Å²) in [6, 6.07) is 16.8. The summed E-state index contributed by atoms with van der Waals surface area (Å²) in [4.78, 5) is 27.9. The zero-order valence-corrected chi connectivity index (χ0v) is 27.4. The van der Waals surface area contributed by atoms with Crippen molar-refractivity contribution < 1.29 is 28.0 Å². The Morgan fingerprint density at radius 3 is 2.40 bits per heavy atom. The van der Waals surface area contributed by atoms with E-state index in [1.807, 2.05) is 26.8 Å². The van der Waals surface area contributed by atoms with Crippen molar-refractivity contribution >= 4 is 34.7 Å². The smallest absolute Gasteiger partial charge is 0.322 e. The summed E-state index contributed by atoms with van der Waals surface area (Å²) in [6.45, 7) is 5.41. The molecule has 1 heterocycles. The average molecular weight is 664 g/mol. The van der Waals surface area contributed by atoms with Crippen LogP contribution in [0.2, 0.25) is 0 Å². The molecule has 0 bridgehead atoms. The molecule has 3 aromatic carbocycles. The van der Waals surface area contributed by atoms with E-state index >= 15 is 4.39 Å². The molecular weight excluding hydrogens is 624 g/mol. The van der Waals surface area contributed by atoms with Gasteiger partial charge in [-0.05, 0) is 99.2 Å². The Labute approximate surface area is 276 Å². The quantitative estimate of drug-likeness (QED) is 0.198. The number of urea groups is 1. The molecule has 9 nitrogen and oxygen atoms in total. The van der Waals surface area contributed by atoms with Gasteiger partial charge < -0.3 is 25.2 Å². The van der Waals surface area contributed by atoms with Gasteiger partial charge in [-0.2, -0.15) is 5.26 Å². The van der Waals surface area contributed by atoms with E-state index in [1.165, 1.54) is 36.4 Å². The minimum Gasteiger partial charge on any atom is -0.598 e. The summed E-state index contributed by atoms with van der Waals surface area (Å²) in [5.74, 6) is -1.40. The van der Waals surface area contributed by atoms with E-state index in [2.05, 4.69) is 21.4 Å². The zero-order valence-electron chi connectivity index (χ0n) is 26.6. The number of hydrogen-bond acceptors (Lipinski definition) is 6. The summed E-state index contributed by atoms with van der Waals surface area (Å²) < 4.78 is 45.2. The Hall–Kier alpha value is -4.02. The number of halogens is 2. The molecule has 1 saturated heterocycles. The number of β-amino-alcohol motifs (C(OH)–C–C–N with tert-alkyl or cyclic N) is 1. The first-order valence-electron chi connectivity index (χ1n) is 15.6. The number of rotatable bonds is 10. The normalized spacial score (nSPS) is 19.8. The Balaban J connectivity index is 1.48. The van der Waals surface area contributed by atoms with Gasteiger partial charge in [-0.1, -0.05) is 31.0 Å². The molecule has 4 N–H and O–H groups in total. The molecule has 2 fully saturated rings. The van der Waals surface area contributed by atoms with Crippen molar-refractivity contribution in [3.63, 3.8) is 0 Å². The van der Waals surface area contributed by atoms with Crippen LogP contribution in [0.5, 0.6) is 0 Å². The maximum absolute atomic E-state index is 15.4. The van der Waals surface area contributed by atoms with Gasteiger partial charge in [-0.25, -0.2) is 13.6 Å². The van der Waals surface area contributed by atoms with Crippen molar-refractivity contribution in [1.29, 1.82) is 5.26 Å². The first-order valence-corrected chi connectivity index (χ1v) is 16.8. The molecule has 2 aliphatic rings. The topological polar surface area (TPSA) is 141 Å². The number of nitrogens with one attached hydrogen (secondary N) is 3. The number of nitrogens with zero attached hydrogens (tertiary/aromatic N) is 2. The third kappa shape index (κ3) is 8.11. The maximum atomic E-state index is 15.4. The molecular formula is C35H39F2N5O4S. The lowest BCUT2D eigenvalue weighted by Crippen LogP contribution is -2.52. The highest BCUT2D eigenvalue weighted by Crippen LogP contribution is 2.43. The number of amides is 3. The third-order valence-electron chi connectivity index (χ3n) is 8.59. The predicted octanol–water partition coefficient (Wildman–Crippen LogP) is 5.93. The third-order valence-corrected chi connectivity index (χ3v) is 10.2. The van der Waals surface area contributed by atoms with Gasteiger partial charge in [0.25, 0.3) is 0 Å². The molecule has 12 heteroatoms. The second-order valence-electron chi connectivity index (χ2n) is 13.2. The summed E-state index contributed by atoms with van der Waals surface area (Å²) in [5, 5.41) is 25.3. The van der Waals surface area contributed by atoms with Crippen LogP contribution >= 0.6 is 0 Å². The molecule has 3 aromatic rings. The van der Waals surface area contributed by atoms with Crippen molar-refractivity contribution in [3.8, 4) is 6.07 Å². The zero-order chi connectivity index (χ0) is 33.9. The van der Waals surface area contributed by atoms with Crippen molar-refractivity contribution in [2.24, 2.45) is 5.92 Å². The number of aliphatic hydroxyl groups excluding tert-OH is 1. The van der Waals surface area contributed by atoms with Crippen LogP contribution in [0.25, 0.3) is 0 Å². The Morgan fingerprint density at radius 1 is 1.04 bits per heavy atom. The molecule has 248 valence electrons. The lowest BCUT2D eigenvalue weighted by Gasteiger charge is -2.39. The number of benzene rings is 3. The number of nitriles is 1. The van der Waals surface area contributed by atoms with Crippen LogP contribution in [0.4, 0.5) is 25.0 Å². The Bertz CT molecular complexity index is 1660. The van der Waals surface area contributed by atoms with Gasteiger partial charge in [-0.15, -0.1) is 4.72 Å². The van der Waals surface area contributed by atoms with Crippen molar-refractivity contribution in [3.05, 3.63) is 95.1 Å². The van der Waals surface area contributed by atoms with Gasteiger partial charge in [0.1, 0.15) is 28.0 Å². The van der Waals surface area contributed by atoms with Gasteiger partial charge >= 0.3 is 6.03 Å². The van der Waals surface area contributed by atoms with Crippen LogP contribution in [-0.4, -0.2) is 49.9 Å². The number of anilines is 2. The molecule has 0 spiro atoms. The molecule has 0 radical (unpaired) electrons. The fourth-order valence-corrected chi connectivity index (χ4v) is 6.70. The minimum atomic E-state index is -1.58. The molecule has 3 amide bonds. The molecule has 2 unspecified atom stereocenters. The minimum absolute atomic E-state index is 0.0671. The maximum Gasteiger partial charge on any atom is 0.322 e. The summed E-state index contributed by atoms with van der Waals surface area (Å²) in [5.41, 5.74) is 0.685. The monoisotopic (exact) mass is 663 g/mol. The molecule has 5 rings (SSSR count). The Morgan fingerprint density at radius 2 is 1.74 bits per heavy atom. The first-order chi connectivity index (χ1) is 22.3. The van der Waals surface area contributed by atoms with E-state index < -0.39 is 57.4 Å². The highest BCUT2D eigenvalue weighted by Gasteiger charge is 2.44. The van der Waals surface area contributed by atoms with Gasteiger partial charge in [0.2, 0.25) is 5.91 Å². The summed E-state index contributed by atoms with van der Waals surface area (Å²) >= 11 is -1.58. The highest BCUT2D eigenvalue weighted by atomic mass is 32.2. The van der Waals surface area contributed by atoms with E-state index in [9.17, 15) is 28.9 Å². The molecule has 1 saturated carbocycles. The number of likely N-dealkylation sites (tertiary alicyclic amines) is 1. The van der Waals surface area contributed by atoms with Crippen LogP contribution in [0.1, 0.15) is 69.6 Å². The van der Waals surface area contributed by atoms with E-state index in [0.29, 0.717) is 34.7 Å². The molecule has 47 heavy (non-hydrogen) atoms. The molecule has 1 aliphatic heterocycles. The predicted molar refractivity (Wildman–Crippen MR) is 176 cm³/mol. The molecule has 1 aliphatic carbocycles. The summed E-state index contributed by atoms with van der Waals surface area (Å²) in [7, 11) is 0. The second kappa shape index (κ2) is 14.0. The van der Waals surface area contributed by atoms with Crippen LogP contribution < -0.4 is 15.4 Å². The number of aliphatic hydroxyl groups is 1. The van der Waals surface area contributed by atoms with Gasteiger partial charge in [0.15, 0.2) is 0 Å². The molecule has 0 aromatic heterocycles. The average Bonchev–Trinajstić information content (AvgIpc) is 3.79. The fraction of sp³-hybridized carbons (Fsp3) is 0.400. The summed E-state index contributed by atoms with van der Waals surface area (Å²) in [6.07, 6.45) is 2.41. The van der Waals surface area contributed by atoms with E-state index in [0.717, 1.165) is 24.2 Å². The lowest BCUT2D eigenvalue weighted by molar-refractivity contribution is -0.119. The number of carbonyl (C=O) groups is 2. The van der Waals surface area contributed by atoms with Gasteiger partial charge in [-0.3, -0.25) is 4.79 Å². The standard InChI is InChI=1S/C35H39F2N5O4S/c1-34(2,3)47(46)41-35(16-15-22-7-8-22,24-6-4-5-23(17-24)20-38)25-9-14-29(37)30(18-25)40-32(44)31-19-28(43)21-42(31)33(45)39-27-12-10-26(36)11-13-27/h4-6,9-14,17-18,22,28,31,41,43H,7-8,15-16,19,21H2,1-3H3,(H,39,45)(H,40,44)/t28-,31-,35?,47?/m1/s1. The van der Waals surface area contributed by atoms with Crippen LogP contribution in [0.15, 0.2) is 66.7 Å². The lowest BCUT2D eigenvalue weighted by atomic mass is 9.79. The largest absolute Gasteiger partial charge is 0.598 e. The second-order valence-corrected chi connectivity index (χ2v) is 15.2. The fourth-order valence-electron chi connectivity index (χ4n) is 5.73. The van der Waals surface area contributed by atoms with E-state index in [-0.39, 0.29) is 18.7 Å². The highest BCUT2D eigenvalue weighted by molar-refractivity contribution is 7.90. The van der Waals surface area contributed by atoms with Crippen molar-refractivity contribution in [2.75, 3.05) is 17.2 Å². The first kappa shape index (κ1) is 34.3. The van der Waals surface area contributed by atoms with Gasteiger partial charge in [0, 0.05) is 30.0 Å².